The summed E-state index contributed by atoms with van der Waals surface area (Å²) in [6.45, 7) is 2.37. The van der Waals surface area contributed by atoms with Gasteiger partial charge in [0.25, 0.3) is 0 Å². The molecule has 0 bridgehead atoms. The first kappa shape index (κ1) is 14.3. The largest absolute Gasteiger partial charge is 0.486 e. The maximum absolute atomic E-state index is 6.20. The molecule has 3 aromatic rings. The summed E-state index contributed by atoms with van der Waals surface area (Å²) in [5, 5.41) is 7.06. The van der Waals surface area contributed by atoms with Crippen molar-refractivity contribution in [3.8, 4) is 5.75 Å². The summed E-state index contributed by atoms with van der Waals surface area (Å²) in [7, 11) is 0. The summed E-state index contributed by atoms with van der Waals surface area (Å²) >= 11 is 0. The van der Waals surface area contributed by atoms with Crippen LogP contribution in [0.5, 0.6) is 5.75 Å². The van der Waals surface area contributed by atoms with E-state index in [2.05, 4.69) is 15.2 Å². The van der Waals surface area contributed by atoms with E-state index in [0.29, 0.717) is 18.3 Å². The van der Waals surface area contributed by atoms with Crippen LogP contribution < -0.4 is 10.5 Å². The molecular formula is C17H18N4O. The van der Waals surface area contributed by atoms with Crippen LogP contribution in [0.25, 0.3) is 0 Å². The minimum absolute atomic E-state index is 0.331. The molecular weight excluding hydrogens is 276 g/mol. The van der Waals surface area contributed by atoms with Crippen molar-refractivity contribution >= 4 is 0 Å². The van der Waals surface area contributed by atoms with Crippen LogP contribution in [0.3, 0.4) is 0 Å². The van der Waals surface area contributed by atoms with Crippen LogP contribution in [-0.4, -0.2) is 15.2 Å². The second kappa shape index (κ2) is 6.41. The second-order valence-electron chi connectivity index (χ2n) is 5.13. The Kier molecular flexibility index (Phi) is 4.16. The molecule has 0 aliphatic heterocycles. The average Bonchev–Trinajstić information content (AvgIpc) is 3.03. The predicted molar refractivity (Wildman–Crippen MR) is 84.4 cm³/mol. The van der Waals surface area contributed by atoms with Gasteiger partial charge in [-0.3, -0.25) is 5.10 Å². The number of aryl methyl sites for hydroxylation is 1. The predicted octanol–water partition coefficient (Wildman–Crippen LogP) is 2.74. The SMILES string of the molecule is Cc1ccc(C(N)c2n[nH]c(COc3ccccc3)n2)cc1. The van der Waals surface area contributed by atoms with Crippen LogP contribution in [0.1, 0.15) is 28.8 Å². The van der Waals surface area contributed by atoms with Crippen LogP contribution in [0, 0.1) is 6.92 Å². The molecule has 22 heavy (non-hydrogen) atoms. The van der Waals surface area contributed by atoms with Crippen molar-refractivity contribution in [1.29, 1.82) is 0 Å². The summed E-state index contributed by atoms with van der Waals surface area (Å²) in [4.78, 5) is 4.41. The van der Waals surface area contributed by atoms with Crippen LogP contribution in [0.2, 0.25) is 0 Å². The minimum atomic E-state index is -0.345. The van der Waals surface area contributed by atoms with Crippen molar-refractivity contribution in [3.05, 3.63) is 77.4 Å². The van der Waals surface area contributed by atoms with Crippen molar-refractivity contribution in [2.75, 3.05) is 0 Å². The molecule has 5 heteroatoms. The number of hydrogen-bond donors (Lipinski definition) is 2. The van der Waals surface area contributed by atoms with Crippen molar-refractivity contribution in [3.63, 3.8) is 0 Å². The average molecular weight is 294 g/mol. The molecule has 2 aromatic carbocycles. The van der Waals surface area contributed by atoms with Gasteiger partial charge in [-0.25, -0.2) is 4.98 Å². The topological polar surface area (TPSA) is 76.8 Å². The van der Waals surface area contributed by atoms with Crippen molar-refractivity contribution in [2.45, 2.75) is 19.6 Å². The van der Waals surface area contributed by atoms with E-state index in [4.69, 9.17) is 10.5 Å². The minimum Gasteiger partial charge on any atom is -0.486 e. The third-order valence-electron chi connectivity index (χ3n) is 3.38. The van der Waals surface area contributed by atoms with Crippen molar-refractivity contribution in [1.82, 2.24) is 15.2 Å². The van der Waals surface area contributed by atoms with Gasteiger partial charge in [0.2, 0.25) is 0 Å². The second-order valence-corrected chi connectivity index (χ2v) is 5.13. The number of H-pyrrole nitrogens is 1. The first-order valence-electron chi connectivity index (χ1n) is 7.13. The standard InChI is InChI=1S/C17H18N4O/c1-12-7-9-13(10-8-12)16(18)17-19-15(20-21-17)11-22-14-5-3-2-4-6-14/h2-10,16H,11,18H2,1H3,(H,19,20,21). The van der Waals surface area contributed by atoms with E-state index in [9.17, 15) is 0 Å². The smallest absolute Gasteiger partial charge is 0.172 e. The Labute approximate surface area is 129 Å². The number of para-hydroxylation sites is 1. The normalized spacial score (nSPS) is 12.1. The number of aromatic nitrogens is 3. The van der Waals surface area contributed by atoms with Gasteiger partial charge in [-0.1, -0.05) is 48.0 Å². The molecule has 1 aromatic heterocycles. The van der Waals surface area contributed by atoms with Gasteiger partial charge < -0.3 is 10.5 Å². The van der Waals surface area contributed by atoms with Crippen LogP contribution in [0.4, 0.5) is 0 Å². The van der Waals surface area contributed by atoms with E-state index in [0.717, 1.165) is 11.3 Å². The summed E-state index contributed by atoms with van der Waals surface area (Å²) in [5.41, 5.74) is 8.38. The number of nitrogens with two attached hydrogens (primary N) is 1. The number of benzene rings is 2. The Balaban J connectivity index is 1.66. The monoisotopic (exact) mass is 294 g/mol. The molecule has 0 spiro atoms. The Morgan fingerprint density at radius 3 is 2.55 bits per heavy atom. The zero-order chi connectivity index (χ0) is 15.4. The Bertz CT molecular complexity index is 722. The molecule has 0 amide bonds. The number of nitrogens with one attached hydrogen (secondary N) is 1. The molecule has 112 valence electrons. The van der Waals surface area contributed by atoms with Crippen molar-refractivity contribution in [2.24, 2.45) is 5.73 Å². The van der Waals surface area contributed by atoms with Gasteiger partial charge in [0.1, 0.15) is 12.4 Å². The molecule has 3 N–H and O–H groups in total. The van der Waals surface area contributed by atoms with Gasteiger partial charge >= 0.3 is 0 Å². The molecule has 0 aliphatic carbocycles. The van der Waals surface area contributed by atoms with E-state index < -0.39 is 0 Å². The van der Waals surface area contributed by atoms with Gasteiger partial charge in [0, 0.05) is 0 Å². The zero-order valence-electron chi connectivity index (χ0n) is 12.4. The molecule has 0 fully saturated rings. The van der Waals surface area contributed by atoms with E-state index in [1.54, 1.807) is 0 Å². The summed E-state index contributed by atoms with van der Waals surface area (Å²) in [6.07, 6.45) is 0. The van der Waals surface area contributed by atoms with E-state index in [-0.39, 0.29) is 6.04 Å². The molecule has 1 heterocycles. The van der Waals surface area contributed by atoms with Crippen LogP contribution in [0.15, 0.2) is 54.6 Å². The van der Waals surface area contributed by atoms with Gasteiger partial charge in [0.15, 0.2) is 11.6 Å². The number of rotatable bonds is 5. The maximum Gasteiger partial charge on any atom is 0.172 e. The third-order valence-corrected chi connectivity index (χ3v) is 3.38. The summed E-state index contributed by atoms with van der Waals surface area (Å²) in [5.74, 6) is 2.01. The molecule has 0 saturated carbocycles. The quantitative estimate of drug-likeness (QED) is 0.758. The molecule has 0 aliphatic rings. The van der Waals surface area contributed by atoms with E-state index >= 15 is 0 Å². The van der Waals surface area contributed by atoms with E-state index in [1.165, 1.54) is 5.56 Å². The number of ether oxygens (including phenoxy) is 1. The molecule has 5 nitrogen and oxygen atoms in total. The first-order valence-corrected chi connectivity index (χ1v) is 7.13. The third kappa shape index (κ3) is 3.32. The molecule has 0 radical (unpaired) electrons. The van der Waals surface area contributed by atoms with Gasteiger partial charge in [-0.2, -0.15) is 5.10 Å². The van der Waals surface area contributed by atoms with Gasteiger partial charge in [0.05, 0.1) is 6.04 Å². The number of aromatic amines is 1. The highest BCUT2D eigenvalue weighted by molar-refractivity contribution is 5.27. The highest BCUT2D eigenvalue weighted by Crippen LogP contribution is 2.17. The zero-order valence-corrected chi connectivity index (χ0v) is 12.4. The molecule has 1 atom stereocenters. The lowest BCUT2D eigenvalue weighted by atomic mass is 10.1. The fourth-order valence-electron chi connectivity index (χ4n) is 2.10. The number of nitrogens with zero attached hydrogens (tertiary/aromatic N) is 2. The lowest BCUT2D eigenvalue weighted by Gasteiger charge is -2.08. The summed E-state index contributed by atoms with van der Waals surface area (Å²) < 4.78 is 5.63. The highest BCUT2D eigenvalue weighted by atomic mass is 16.5. The number of hydrogen-bond acceptors (Lipinski definition) is 4. The van der Waals surface area contributed by atoms with Crippen molar-refractivity contribution < 1.29 is 4.74 Å². The fraction of sp³-hybridized carbons (Fsp3) is 0.176. The maximum atomic E-state index is 6.20. The lowest BCUT2D eigenvalue weighted by Crippen LogP contribution is -2.13. The van der Waals surface area contributed by atoms with E-state index in [1.807, 2.05) is 61.5 Å². The fourth-order valence-corrected chi connectivity index (χ4v) is 2.10. The van der Waals surface area contributed by atoms with Gasteiger partial charge in [-0.05, 0) is 24.6 Å². The molecule has 0 saturated heterocycles. The first-order chi connectivity index (χ1) is 10.7. The van der Waals surface area contributed by atoms with Crippen LogP contribution >= 0.6 is 0 Å². The lowest BCUT2D eigenvalue weighted by molar-refractivity contribution is 0.296. The van der Waals surface area contributed by atoms with Gasteiger partial charge in [-0.15, -0.1) is 0 Å². The Morgan fingerprint density at radius 2 is 1.82 bits per heavy atom. The van der Waals surface area contributed by atoms with Crippen LogP contribution in [-0.2, 0) is 6.61 Å². The summed E-state index contributed by atoms with van der Waals surface area (Å²) in [6, 6.07) is 17.3. The highest BCUT2D eigenvalue weighted by Gasteiger charge is 2.14. The molecule has 3 rings (SSSR count). The Morgan fingerprint density at radius 1 is 1.09 bits per heavy atom. The molecule has 1 unspecified atom stereocenters. The Hall–Kier alpha value is -2.66.